The van der Waals surface area contributed by atoms with Crippen molar-refractivity contribution < 1.29 is 4.74 Å². The van der Waals surface area contributed by atoms with Crippen molar-refractivity contribution in [2.24, 2.45) is 5.92 Å². The van der Waals surface area contributed by atoms with Crippen LogP contribution in [0.25, 0.3) is 0 Å². The summed E-state index contributed by atoms with van der Waals surface area (Å²) in [6, 6.07) is 0.371. The number of aromatic nitrogens is 2. The first-order chi connectivity index (χ1) is 8.36. The van der Waals surface area contributed by atoms with Crippen molar-refractivity contribution in [3.8, 4) is 0 Å². The molecule has 2 rings (SSSR count). The van der Waals surface area contributed by atoms with Gasteiger partial charge in [0.1, 0.15) is 0 Å². The average molecular weight is 255 g/mol. The van der Waals surface area contributed by atoms with Crippen LogP contribution in [0.4, 0.5) is 0 Å². The van der Waals surface area contributed by atoms with Crippen molar-refractivity contribution >= 4 is 11.5 Å². The second-order valence-corrected chi connectivity index (χ2v) is 5.24. The van der Waals surface area contributed by atoms with Gasteiger partial charge in [-0.2, -0.15) is 0 Å². The van der Waals surface area contributed by atoms with E-state index in [2.05, 4.69) is 28.8 Å². The first kappa shape index (κ1) is 12.9. The van der Waals surface area contributed by atoms with Crippen molar-refractivity contribution in [3.63, 3.8) is 0 Å². The lowest BCUT2D eigenvalue weighted by Crippen LogP contribution is -2.33. The third-order valence-corrected chi connectivity index (χ3v) is 4.14. The summed E-state index contributed by atoms with van der Waals surface area (Å²) >= 11 is 1.54. The summed E-state index contributed by atoms with van der Waals surface area (Å²) < 4.78 is 9.71. The molecule has 1 fully saturated rings. The second-order valence-electron chi connectivity index (χ2n) is 4.45. The summed E-state index contributed by atoms with van der Waals surface area (Å²) in [4.78, 5) is 1.31. The van der Waals surface area contributed by atoms with Gasteiger partial charge in [-0.15, -0.1) is 5.10 Å². The molecule has 5 heteroatoms. The molecule has 1 aliphatic rings. The van der Waals surface area contributed by atoms with E-state index in [-0.39, 0.29) is 0 Å². The van der Waals surface area contributed by atoms with Crippen molar-refractivity contribution in [2.45, 2.75) is 39.2 Å². The first-order valence-electron chi connectivity index (χ1n) is 6.49. The first-order valence-corrected chi connectivity index (χ1v) is 7.26. The Labute approximate surface area is 107 Å². The van der Waals surface area contributed by atoms with Gasteiger partial charge in [-0.1, -0.05) is 18.3 Å². The van der Waals surface area contributed by atoms with Crippen LogP contribution in [0.1, 0.15) is 43.3 Å². The van der Waals surface area contributed by atoms with Gasteiger partial charge in [0.25, 0.3) is 0 Å². The molecule has 0 saturated carbocycles. The fourth-order valence-corrected chi connectivity index (χ4v) is 3.33. The molecule has 0 aliphatic carbocycles. The molecule has 1 N–H and O–H groups in total. The molecule has 1 aliphatic heterocycles. The third kappa shape index (κ3) is 3.03. The van der Waals surface area contributed by atoms with Crippen molar-refractivity contribution in [1.82, 2.24) is 14.9 Å². The largest absolute Gasteiger partial charge is 0.381 e. The summed E-state index contributed by atoms with van der Waals surface area (Å²) in [5, 5.41) is 7.80. The summed E-state index contributed by atoms with van der Waals surface area (Å²) in [5.74, 6) is 0.566. The highest BCUT2D eigenvalue weighted by Gasteiger charge is 2.28. The number of hydrogen-bond donors (Lipinski definition) is 1. The maximum atomic E-state index is 5.60. The number of rotatable bonds is 5. The Morgan fingerprint density at radius 1 is 1.53 bits per heavy atom. The molecule has 4 nitrogen and oxygen atoms in total. The van der Waals surface area contributed by atoms with Gasteiger partial charge in [-0.05, 0) is 37.3 Å². The van der Waals surface area contributed by atoms with E-state index < -0.39 is 0 Å². The normalized spacial score (nSPS) is 22.6. The Bertz CT molecular complexity index is 336. The molecule has 96 valence electrons. The minimum Gasteiger partial charge on any atom is -0.381 e. The van der Waals surface area contributed by atoms with Crippen LogP contribution < -0.4 is 5.32 Å². The van der Waals surface area contributed by atoms with Gasteiger partial charge in [-0.3, -0.25) is 0 Å². The Morgan fingerprint density at radius 3 is 3.06 bits per heavy atom. The highest BCUT2D eigenvalue weighted by Crippen LogP contribution is 2.32. The molecule has 17 heavy (non-hydrogen) atoms. The predicted molar refractivity (Wildman–Crippen MR) is 69.2 cm³/mol. The molecular formula is C12H21N3OS. The molecule has 0 amide bonds. The molecule has 1 aromatic rings. The van der Waals surface area contributed by atoms with Crippen LogP contribution in [-0.4, -0.2) is 29.3 Å². The summed E-state index contributed by atoms with van der Waals surface area (Å²) in [6.45, 7) is 7.04. The second kappa shape index (κ2) is 6.42. The Hall–Kier alpha value is -0.520. The van der Waals surface area contributed by atoms with Gasteiger partial charge in [0.2, 0.25) is 0 Å². The van der Waals surface area contributed by atoms with Crippen LogP contribution in [0.3, 0.4) is 0 Å². The van der Waals surface area contributed by atoms with Gasteiger partial charge in [0.05, 0.1) is 23.2 Å². The van der Waals surface area contributed by atoms with Crippen molar-refractivity contribution in [3.05, 3.63) is 10.6 Å². The van der Waals surface area contributed by atoms with E-state index in [9.17, 15) is 0 Å². The van der Waals surface area contributed by atoms with Gasteiger partial charge in [-0.25, -0.2) is 0 Å². The van der Waals surface area contributed by atoms with E-state index in [0.29, 0.717) is 12.0 Å². The number of ether oxygens (including phenoxy) is 1. The van der Waals surface area contributed by atoms with Crippen molar-refractivity contribution in [1.29, 1.82) is 0 Å². The fraction of sp³-hybridized carbons (Fsp3) is 0.833. The van der Waals surface area contributed by atoms with E-state index in [1.807, 2.05) is 0 Å². The molecule has 0 aromatic carbocycles. The Morgan fingerprint density at radius 2 is 2.41 bits per heavy atom. The highest BCUT2D eigenvalue weighted by molar-refractivity contribution is 7.05. The highest BCUT2D eigenvalue weighted by atomic mass is 32.1. The summed E-state index contributed by atoms with van der Waals surface area (Å²) in [5.41, 5.74) is 1.14. The SMILES string of the molecule is CCNC(c1snnc1CC)C1CCCOC1. The van der Waals surface area contributed by atoms with Crippen LogP contribution in [0.15, 0.2) is 0 Å². The number of hydrogen-bond acceptors (Lipinski definition) is 5. The smallest absolute Gasteiger partial charge is 0.0801 e. The van der Waals surface area contributed by atoms with E-state index in [4.69, 9.17) is 4.74 Å². The lowest BCUT2D eigenvalue weighted by molar-refractivity contribution is 0.0396. The third-order valence-electron chi connectivity index (χ3n) is 3.29. The molecule has 1 aromatic heterocycles. The number of aryl methyl sites for hydroxylation is 1. The zero-order valence-electron chi connectivity index (χ0n) is 10.6. The van der Waals surface area contributed by atoms with Crippen LogP contribution in [0.2, 0.25) is 0 Å². The van der Waals surface area contributed by atoms with E-state index in [1.165, 1.54) is 29.3 Å². The predicted octanol–water partition coefficient (Wildman–Crippen LogP) is 2.18. The lowest BCUT2D eigenvalue weighted by Gasteiger charge is -2.30. The lowest BCUT2D eigenvalue weighted by atomic mass is 9.91. The summed E-state index contributed by atoms with van der Waals surface area (Å²) in [7, 11) is 0. The Kier molecular flexibility index (Phi) is 4.88. The minimum absolute atomic E-state index is 0.371. The zero-order valence-corrected chi connectivity index (χ0v) is 11.4. The number of nitrogens with zero attached hydrogens (tertiary/aromatic N) is 2. The summed E-state index contributed by atoms with van der Waals surface area (Å²) in [6.07, 6.45) is 3.36. The quantitative estimate of drug-likeness (QED) is 0.876. The van der Waals surface area contributed by atoms with E-state index >= 15 is 0 Å². The van der Waals surface area contributed by atoms with Gasteiger partial charge in [0.15, 0.2) is 0 Å². The molecule has 0 bridgehead atoms. The maximum Gasteiger partial charge on any atom is 0.0801 e. The van der Waals surface area contributed by atoms with E-state index in [1.54, 1.807) is 0 Å². The van der Waals surface area contributed by atoms with Crippen LogP contribution >= 0.6 is 11.5 Å². The molecule has 2 unspecified atom stereocenters. The van der Waals surface area contributed by atoms with Crippen molar-refractivity contribution in [2.75, 3.05) is 19.8 Å². The van der Waals surface area contributed by atoms with Crippen LogP contribution in [0, 0.1) is 5.92 Å². The Balaban J connectivity index is 2.15. The minimum atomic E-state index is 0.371. The molecule has 1 saturated heterocycles. The zero-order chi connectivity index (χ0) is 12.1. The van der Waals surface area contributed by atoms with Crippen LogP contribution in [0.5, 0.6) is 0 Å². The molecule has 0 spiro atoms. The van der Waals surface area contributed by atoms with Gasteiger partial charge >= 0.3 is 0 Å². The molecule has 2 atom stereocenters. The fourth-order valence-electron chi connectivity index (χ4n) is 2.42. The molecular weight excluding hydrogens is 234 g/mol. The van der Waals surface area contributed by atoms with E-state index in [0.717, 1.165) is 31.9 Å². The average Bonchev–Trinajstić information content (AvgIpc) is 2.85. The standard InChI is InChI=1S/C12H21N3OS/c1-3-10-12(17-15-14-10)11(13-4-2)9-6-5-7-16-8-9/h9,11,13H,3-8H2,1-2H3. The maximum absolute atomic E-state index is 5.60. The topological polar surface area (TPSA) is 47.0 Å². The van der Waals surface area contributed by atoms with Gasteiger partial charge in [0, 0.05) is 12.5 Å². The molecule has 2 heterocycles. The number of nitrogens with one attached hydrogen (secondary N) is 1. The van der Waals surface area contributed by atoms with Gasteiger partial charge < -0.3 is 10.1 Å². The molecule has 0 radical (unpaired) electrons. The monoisotopic (exact) mass is 255 g/mol. The van der Waals surface area contributed by atoms with Crippen LogP contribution in [-0.2, 0) is 11.2 Å².